The quantitative estimate of drug-likeness (QED) is 0.658. The molecule has 3 rings (SSSR count). The van der Waals surface area contributed by atoms with E-state index in [4.69, 9.17) is 11.6 Å². The molecule has 3 nitrogen and oxygen atoms in total. The highest BCUT2D eigenvalue weighted by atomic mass is 35.5. The van der Waals surface area contributed by atoms with Crippen molar-refractivity contribution in [3.05, 3.63) is 82.4 Å². The van der Waals surface area contributed by atoms with Crippen LogP contribution in [-0.4, -0.2) is 18.9 Å². The molecule has 1 fully saturated rings. The normalized spacial score (nSPS) is 16.9. The molecule has 1 aliphatic heterocycles. The summed E-state index contributed by atoms with van der Waals surface area (Å²) >= 11 is 6.20. The van der Waals surface area contributed by atoms with Crippen LogP contribution in [0.3, 0.4) is 0 Å². The van der Waals surface area contributed by atoms with Crippen molar-refractivity contribution in [2.24, 2.45) is 5.92 Å². The Labute approximate surface area is 145 Å². The molecule has 1 saturated heterocycles. The third-order valence-corrected chi connectivity index (χ3v) is 4.40. The van der Waals surface area contributed by atoms with Crippen LogP contribution in [0.4, 0.5) is 4.39 Å². The molecule has 2 aromatic carbocycles. The summed E-state index contributed by atoms with van der Waals surface area (Å²) in [5.41, 5.74) is 1.59. The zero-order valence-corrected chi connectivity index (χ0v) is 13.8. The zero-order valence-electron chi connectivity index (χ0n) is 13.1. The van der Waals surface area contributed by atoms with E-state index in [0.29, 0.717) is 17.3 Å². The Hall–Kier alpha value is -2.33. The van der Waals surface area contributed by atoms with Gasteiger partial charge in [0.2, 0.25) is 0 Å². The molecule has 0 spiro atoms. The monoisotopic (exact) mass is 344 g/mol. The van der Waals surface area contributed by atoms with Crippen LogP contribution in [0.15, 0.2) is 60.4 Å². The molecule has 0 aromatic heterocycles. The highest BCUT2D eigenvalue weighted by Crippen LogP contribution is 2.19. The van der Waals surface area contributed by atoms with E-state index in [2.05, 4.69) is 10.6 Å². The minimum absolute atomic E-state index is 0.158. The molecule has 0 atom stereocenters. The standard InChI is InChI=1S/C19H18ClFN2O/c20-17-4-2-1-3-15(17)9-13-11-22-19(23-12-13)10-18(24)14-5-7-16(21)8-6-14/h1-8,10,13,22-23H,9,11-12H2. The lowest BCUT2D eigenvalue weighted by Gasteiger charge is -2.27. The molecular formula is C19H18ClFN2O. The average molecular weight is 345 g/mol. The molecule has 2 aromatic rings. The predicted molar refractivity (Wildman–Crippen MR) is 93.5 cm³/mol. The predicted octanol–water partition coefficient (Wildman–Crippen LogP) is 3.55. The summed E-state index contributed by atoms with van der Waals surface area (Å²) in [5, 5.41) is 7.25. The summed E-state index contributed by atoms with van der Waals surface area (Å²) < 4.78 is 12.9. The second-order valence-electron chi connectivity index (χ2n) is 5.85. The van der Waals surface area contributed by atoms with E-state index >= 15 is 0 Å². The lowest BCUT2D eigenvalue weighted by molar-refractivity contribution is 0.104. The summed E-state index contributed by atoms with van der Waals surface area (Å²) in [5.74, 6) is 0.577. The highest BCUT2D eigenvalue weighted by Gasteiger charge is 2.17. The number of halogens is 2. The Kier molecular flexibility index (Phi) is 5.16. The van der Waals surface area contributed by atoms with Crippen LogP contribution in [0.25, 0.3) is 0 Å². The minimum atomic E-state index is -0.351. The van der Waals surface area contributed by atoms with Gasteiger partial charge in [-0.05, 0) is 48.2 Å². The molecule has 1 heterocycles. The molecule has 0 radical (unpaired) electrons. The van der Waals surface area contributed by atoms with E-state index in [1.165, 1.54) is 30.3 Å². The first-order valence-corrected chi connectivity index (χ1v) is 8.22. The molecule has 0 aliphatic carbocycles. The van der Waals surface area contributed by atoms with Gasteiger partial charge in [0.15, 0.2) is 5.78 Å². The lowest BCUT2D eigenvalue weighted by Crippen LogP contribution is -2.43. The number of allylic oxidation sites excluding steroid dienone is 1. The van der Waals surface area contributed by atoms with Gasteiger partial charge in [0.25, 0.3) is 0 Å². The Bertz CT molecular complexity index is 748. The first kappa shape index (κ1) is 16.5. The molecule has 24 heavy (non-hydrogen) atoms. The maximum Gasteiger partial charge on any atom is 0.189 e. The summed E-state index contributed by atoms with van der Waals surface area (Å²) in [7, 11) is 0. The molecule has 0 saturated carbocycles. The molecule has 2 N–H and O–H groups in total. The SMILES string of the molecule is O=C(C=C1NCC(Cc2ccccc2Cl)CN1)c1ccc(F)cc1. The van der Waals surface area contributed by atoms with E-state index in [1.807, 2.05) is 24.3 Å². The molecule has 0 bridgehead atoms. The van der Waals surface area contributed by atoms with Gasteiger partial charge < -0.3 is 10.6 Å². The van der Waals surface area contributed by atoms with Crippen LogP contribution in [0.2, 0.25) is 5.02 Å². The van der Waals surface area contributed by atoms with Crippen molar-refractivity contribution in [1.29, 1.82) is 0 Å². The fraction of sp³-hybridized carbons (Fsp3) is 0.211. The van der Waals surface area contributed by atoms with Gasteiger partial charge in [-0.1, -0.05) is 29.8 Å². The number of carbonyl (C=O) groups is 1. The number of benzene rings is 2. The number of nitrogens with one attached hydrogen (secondary N) is 2. The van der Waals surface area contributed by atoms with Gasteiger partial charge in [0.05, 0.1) is 0 Å². The summed E-state index contributed by atoms with van der Waals surface area (Å²) in [6.45, 7) is 1.53. The number of hydrogen-bond donors (Lipinski definition) is 2. The van der Waals surface area contributed by atoms with E-state index in [0.717, 1.165) is 30.1 Å². The van der Waals surface area contributed by atoms with Crippen molar-refractivity contribution in [1.82, 2.24) is 10.6 Å². The Morgan fingerprint density at radius 1 is 1.12 bits per heavy atom. The molecule has 1 aliphatic rings. The van der Waals surface area contributed by atoms with Gasteiger partial charge in [-0.2, -0.15) is 0 Å². The van der Waals surface area contributed by atoms with E-state index < -0.39 is 0 Å². The molecule has 0 unspecified atom stereocenters. The van der Waals surface area contributed by atoms with Crippen molar-refractivity contribution < 1.29 is 9.18 Å². The average Bonchev–Trinajstić information content (AvgIpc) is 2.59. The van der Waals surface area contributed by atoms with Gasteiger partial charge in [-0.3, -0.25) is 4.79 Å². The Morgan fingerprint density at radius 2 is 1.79 bits per heavy atom. The van der Waals surface area contributed by atoms with Crippen molar-refractivity contribution >= 4 is 17.4 Å². The molecule has 0 amide bonds. The first-order chi connectivity index (χ1) is 11.6. The van der Waals surface area contributed by atoms with Gasteiger partial charge in [-0.15, -0.1) is 0 Å². The smallest absolute Gasteiger partial charge is 0.189 e. The van der Waals surface area contributed by atoms with Crippen LogP contribution in [-0.2, 0) is 6.42 Å². The number of rotatable bonds is 4. The van der Waals surface area contributed by atoms with E-state index in [9.17, 15) is 9.18 Å². The van der Waals surface area contributed by atoms with Crippen molar-refractivity contribution in [3.8, 4) is 0 Å². The largest absolute Gasteiger partial charge is 0.371 e. The van der Waals surface area contributed by atoms with Gasteiger partial charge in [0, 0.05) is 29.8 Å². The summed E-state index contributed by atoms with van der Waals surface area (Å²) in [6, 6.07) is 13.4. The topological polar surface area (TPSA) is 41.1 Å². The second-order valence-corrected chi connectivity index (χ2v) is 6.26. The number of ketones is 1. The molecular weight excluding hydrogens is 327 g/mol. The van der Waals surface area contributed by atoms with Gasteiger partial charge in [-0.25, -0.2) is 4.39 Å². The van der Waals surface area contributed by atoms with Crippen molar-refractivity contribution in [3.63, 3.8) is 0 Å². The van der Waals surface area contributed by atoms with Crippen LogP contribution in [0.1, 0.15) is 15.9 Å². The Morgan fingerprint density at radius 3 is 2.46 bits per heavy atom. The van der Waals surface area contributed by atoms with Crippen LogP contribution >= 0.6 is 11.6 Å². The summed E-state index contributed by atoms with van der Waals surface area (Å²) in [4.78, 5) is 12.1. The lowest BCUT2D eigenvalue weighted by atomic mass is 9.97. The maximum atomic E-state index is 12.9. The van der Waals surface area contributed by atoms with Crippen LogP contribution in [0.5, 0.6) is 0 Å². The zero-order chi connectivity index (χ0) is 16.9. The molecule has 5 heteroatoms. The number of hydrogen-bond acceptors (Lipinski definition) is 3. The highest BCUT2D eigenvalue weighted by molar-refractivity contribution is 6.31. The first-order valence-electron chi connectivity index (χ1n) is 7.84. The van der Waals surface area contributed by atoms with Crippen molar-refractivity contribution in [2.45, 2.75) is 6.42 Å². The van der Waals surface area contributed by atoms with E-state index in [-0.39, 0.29) is 11.6 Å². The third kappa shape index (κ3) is 4.15. The second kappa shape index (κ2) is 7.49. The fourth-order valence-electron chi connectivity index (χ4n) is 2.69. The third-order valence-electron chi connectivity index (χ3n) is 4.03. The molecule has 124 valence electrons. The van der Waals surface area contributed by atoms with Crippen LogP contribution < -0.4 is 10.6 Å². The fourth-order valence-corrected chi connectivity index (χ4v) is 2.91. The minimum Gasteiger partial charge on any atom is -0.371 e. The van der Waals surface area contributed by atoms with Gasteiger partial charge >= 0.3 is 0 Å². The van der Waals surface area contributed by atoms with Crippen LogP contribution in [0, 0.1) is 11.7 Å². The summed E-state index contributed by atoms with van der Waals surface area (Å²) in [6.07, 6.45) is 2.39. The Balaban J connectivity index is 1.57. The number of carbonyl (C=O) groups excluding carboxylic acids is 1. The van der Waals surface area contributed by atoms with Gasteiger partial charge in [0.1, 0.15) is 11.6 Å². The van der Waals surface area contributed by atoms with E-state index in [1.54, 1.807) is 0 Å². The maximum absolute atomic E-state index is 12.9. The van der Waals surface area contributed by atoms with Crippen molar-refractivity contribution in [2.75, 3.05) is 13.1 Å².